The van der Waals surface area contributed by atoms with Crippen LogP contribution in [-0.2, 0) is 0 Å². The zero-order valence-corrected chi connectivity index (χ0v) is 10.4. The molecule has 0 saturated heterocycles. The lowest BCUT2D eigenvalue weighted by molar-refractivity contribution is 0.225. The van der Waals surface area contributed by atoms with Gasteiger partial charge in [0.25, 0.3) is 0 Å². The van der Waals surface area contributed by atoms with Gasteiger partial charge in [0.15, 0.2) is 0 Å². The number of aromatic nitrogens is 2. The lowest BCUT2D eigenvalue weighted by atomic mass is 10.4. The SMILES string of the molecule is Cc1cnc(Cl)nc1OCCN(C)C1CC1. The summed E-state index contributed by atoms with van der Waals surface area (Å²) in [5.74, 6) is 0.587. The highest BCUT2D eigenvalue weighted by Gasteiger charge is 2.25. The average Bonchev–Trinajstić information content (AvgIpc) is 3.06. The Labute approximate surface area is 101 Å². The number of nitrogens with zero attached hydrogens (tertiary/aromatic N) is 3. The molecular formula is C11H16ClN3O. The highest BCUT2D eigenvalue weighted by molar-refractivity contribution is 6.28. The fourth-order valence-electron chi connectivity index (χ4n) is 1.54. The maximum Gasteiger partial charge on any atom is 0.225 e. The summed E-state index contributed by atoms with van der Waals surface area (Å²) < 4.78 is 5.59. The molecule has 2 rings (SSSR count). The van der Waals surface area contributed by atoms with Gasteiger partial charge in [-0.1, -0.05) is 0 Å². The second-order valence-corrected chi connectivity index (χ2v) is 4.53. The molecular weight excluding hydrogens is 226 g/mol. The lowest BCUT2D eigenvalue weighted by Gasteiger charge is -2.15. The van der Waals surface area contributed by atoms with Gasteiger partial charge in [-0.2, -0.15) is 4.98 Å². The van der Waals surface area contributed by atoms with E-state index in [9.17, 15) is 0 Å². The third-order valence-electron chi connectivity index (χ3n) is 2.75. The highest BCUT2D eigenvalue weighted by Crippen LogP contribution is 2.24. The molecule has 0 atom stereocenters. The maximum atomic E-state index is 5.71. The molecule has 0 aromatic carbocycles. The number of rotatable bonds is 5. The molecule has 0 radical (unpaired) electrons. The topological polar surface area (TPSA) is 38.3 Å². The Hall–Kier alpha value is -0.870. The van der Waals surface area contributed by atoms with Crippen molar-refractivity contribution in [3.05, 3.63) is 17.0 Å². The zero-order chi connectivity index (χ0) is 11.5. The summed E-state index contributed by atoms with van der Waals surface area (Å²) in [5, 5.41) is 0.233. The number of ether oxygens (including phenoxy) is 1. The maximum absolute atomic E-state index is 5.71. The lowest BCUT2D eigenvalue weighted by Crippen LogP contribution is -2.26. The summed E-state index contributed by atoms with van der Waals surface area (Å²) >= 11 is 5.71. The van der Waals surface area contributed by atoms with Crippen LogP contribution in [0.3, 0.4) is 0 Å². The number of aryl methyl sites for hydroxylation is 1. The van der Waals surface area contributed by atoms with Gasteiger partial charge >= 0.3 is 0 Å². The smallest absolute Gasteiger partial charge is 0.225 e. The third-order valence-corrected chi connectivity index (χ3v) is 2.93. The zero-order valence-electron chi connectivity index (χ0n) is 9.61. The third kappa shape index (κ3) is 3.06. The monoisotopic (exact) mass is 241 g/mol. The Kier molecular flexibility index (Phi) is 3.61. The van der Waals surface area contributed by atoms with Crippen molar-refractivity contribution in [3.8, 4) is 5.88 Å². The van der Waals surface area contributed by atoms with Gasteiger partial charge in [-0.3, -0.25) is 0 Å². The minimum Gasteiger partial charge on any atom is -0.476 e. The molecule has 0 N–H and O–H groups in total. The first kappa shape index (κ1) is 11.6. The van der Waals surface area contributed by atoms with Gasteiger partial charge in [0, 0.05) is 24.3 Å². The van der Waals surface area contributed by atoms with Gasteiger partial charge in [-0.15, -0.1) is 0 Å². The van der Waals surface area contributed by atoms with E-state index in [2.05, 4.69) is 21.9 Å². The number of hydrogen-bond acceptors (Lipinski definition) is 4. The van der Waals surface area contributed by atoms with Crippen LogP contribution in [-0.4, -0.2) is 41.1 Å². The minimum atomic E-state index is 0.233. The summed E-state index contributed by atoms with van der Waals surface area (Å²) in [4.78, 5) is 10.2. The van der Waals surface area contributed by atoms with Crippen molar-refractivity contribution in [2.75, 3.05) is 20.2 Å². The molecule has 0 spiro atoms. The van der Waals surface area contributed by atoms with E-state index in [0.29, 0.717) is 12.5 Å². The molecule has 1 fully saturated rings. The predicted molar refractivity (Wildman–Crippen MR) is 62.9 cm³/mol. The first-order chi connectivity index (χ1) is 7.66. The van der Waals surface area contributed by atoms with Crippen LogP contribution in [0.1, 0.15) is 18.4 Å². The van der Waals surface area contributed by atoms with Crippen molar-refractivity contribution >= 4 is 11.6 Å². The summed E-state index contributed by atoms with van der Waals surface area (Å²) in [6.45, 7) is 3.48. The van der Waals surface area contributed by atoms with Crippen LogP contribution in [0.15, 0.2) is 6.20 Å². The second-order valence-electron chi connectivity index (χ2n) is 4.19. The predicted octanol–water partition coefficient (Wildman–Crippen LogP) is 1.91. The first-order valence-electron chi connectivity index (χ1n) is 5.49. The normalized spacial score (nSPS) is 15.5. The fraction of sp³-hybridized carbons (Fsp3) is 0.636. The van der Waals surface area contributed by atoms with E-state index in [1.54, 1.807) is 6.20 Å². The Bertz CT molecular complexity index is 368. The molecule has 1 aliphatic rings. The largest absolute Gasteiger partial charge is 0.476 e. The van der Waals surface area contributed by atoms with Crippen LogP contribution >= 0.6 is 11.6 Å². The van der Waals surface area contributed by atoms with Crippen molar-refractivity contribution in [1.82, 2.24) is 14.9 Å². The first-order valence-corrected chi connectivity index (χ1v) is 5.87. The number of hydrogen-bond donors (Lipinski definition) is 0. The van der Waals surface area contributed by atoms with Crippen LogP contribution in [0.2, 0.25) is 5.28 Å². The molecule has 1 saturated carbocycles. The van der Waals surface area contributed by atoms with Gasteiger partial charge < -0.3 is 9.64 Å². The molecule has 0 aliphatic heterocycles. The highest BCUT2D eigenvalue weighted by atomic mass is 35.5. The van der Waals surface area contributed by atoms with Gasteiger partial charge in [-0.25, -0.2) is 4.98 Å². The molecule has 1 aromatic rings. The molecule has 88 valence electrons. The average molecular weight is 242 g/mol. The van der Waals surface area contributed by atoms with Gasteiger partial charge in [0.1, 0.15) is 6.61 Å². The summed E-state index contributed by atoms with van der Waals surface area (Å²) in [7, 11) is 2.13. The van der Waals surface area contributed by atoms with Crippen LogP contribution in [0.5, 0.6) is 5.88 Å². The number of likely N-dealkylation sites (N-methyl/N-ethyl adjacent to an activating group) is 1. The molecule has 1 heterocycles. The standard InChI is InChI=1S/C11H16ClN3O/c1-8-7-13-11(12)14-10(8)16-6-5-15(2)9-3-4-9/h7,9H,3-6H2,1-2H3. The molecule has 5 heteroatoms. The van der Waals surface area contributed by atoms with Crippen molar-refractivity contribution in [1.29, 1.82) is 0 Å². The summed E-state index contributed by atoms with van der Waals surface area (Å²) in [6.07, 6.45) is 4.30. The van der Waals surface area contributed by atoms with E-state index in [-0.39, 0.29) is 5.28 Å². The molecule has 1 aromatic heterocycles. The molecule has 0 amide bonds. The number of halogens is 1. The van der Waals surface area contributed by atoms with Crippen LogP contribution in [0.4, 0.5) is 0 Å². The van der Waals surface area contributed by atoms with Gasteiger partial charge in [-0.05, 0) is 38.4 Å². The minimum absolute atomic E-state index is 0.233. The van der Waals surface area contributed by atoms with Crippen LogP contribution in [0, 0.1) is 6.92 Å². The molecule has 0 unspecified atom stereocenters. The molecule has 0 bridgehead atoms. The van der Waals surface area contributed by atoms with Crippen molar-refractivity contribution in [3.63, 3.8) is 0 Å². The van der Waals surface area contributed by atoms with E-state index < -0.39 is 0 Å². The van der Waals surface area contributed by atoms with Crippen molar-refractivity contribution in [2.24, 2.45) is 0 Å². The quantitative estimate of drug-likeness (QED) is 0.739. The van der Waals surface area contributed by atoms with Crippen molar-refractivity contribution in [2.45, 2.75) is 25.8 Å². The van der Waals surface area contributed by atoms with E-state index in [1.807, 2.05) is 6.92 Å². The molecule has 16 heavy (non-hydrogen) atoms. The summed E-state index contributed by atoms with van der Waals surface area (Å²) in [6, 6.07) is 0.763. The Balaban J connectivity index is 1.81. The summed E-state index contributed by atoms with van der Waals surface area (Å²) in [5.41, 5.74) is 0.915. The second kappa shape index (κ2) is 4.97. The molecule has 1 aliphatic carbocycles. The van der Waals surface area contributed by atoms with E-state index in [1.165, 1.54) is 12.8 Å². The van der Waals surface area contributed by atoms with E-state index in [4.69, 9.17) is 16.3 Å². The van der Waals surface area contributed by atoms with Gasteiger partial charge in [0.2, 0.25) is 11.2 Å². The van der Waals surface area contributed by atoms with Crippen LogP contribution in [0.25, 0.3) is 0 Å². The fourth-order valence-corrected chi connectivity index (χ4v) is 1.66. The van der Waals surface area contributed by atoms with E-state index >= 15 is 0 Å². The van der Waals surface area contributed by atoms with Crippen LogP contribution < -0.4 is 4.74 Å². The van der Waals surface area contributed by atoms with E-state index in [0.717, 1.165) is 18.2 Å². The Morgan fingerprint density at radius 3 is 3.00 bits per heavy atom. The van der Waals surface area contributed by atoms with Gasteiger partial charge in [0.05, 0.1) is 0 Å². The Morgan fingerprint density at radius 1 is 1.56 bits per heavy atom. The molecule has 4 nitrogen and oxygen atoms in total. The Morgan fingerprint density at radius 2 is 2.31 bits per heavy atom. The van der Waals surface area contributed by atoms with Crippen molar-refractivity contribution < 1.29 is 4.74 Å².